The van der Waals surface area contributed by atoms with E-state index in [2.05, 4.69) is 0 Å². The van der Waals surface area contributed by atoms with Crippen LogP contribution in [0.4, 0.5) is 18.0 Å². The van der Waals surface area contributed by atoms with Crippen molar-refractivity contribution in [3.05, 3.63) is 41.2 Å². The maximum atomic E-state index is 14.1. The zero-order valence-electron chi connectivity index (χ0n) is 14.3. The first kappa shape index (κ1) is 17.8. The van der Waals surface area contributed by atoms with E-state index in [0.29, 0.717) is 5.57 Å². The second-order valence-electron chi connectivity index (χ2n) is 7.27. The molecular formula is C18H20F3NO3. The molecule has 0 N–H and O–H groups in total. The molecule has 2 unspecified atom stereocenters. The van der Waals surface area contributed by atoms with Gasteiger partial charge in [-0.3, -0.25) is 4.90 Å². The number of fused-ring (bicyclic) bond motifs is 2. The number of amides is 1. The number of ether oxygens (including phenoxy) is 2. The van der Waals surface area contributed by atoms with Gasteiger partial charge in [-0.1, -0.05) is 6.08 Å². The molecule has 4 nitrogen and oxygen atoms in total. The lowest BCUT2D eigenvalue weighted by molar-refractivity contribution is -0.0510. The van der Waals surface area contributed by atoms with E-state index in [1.54, 1.807) is 31.7 Å². The van der Waals surface area contributed by atoms with Crippen LogP contribution in [0.5, 0.6) is 0 Å². The van der Waals surface area contributed by atoms with Crippen LogP contribution in [0.25, 0.3) is 5.57 Å². The normalized spacial score (nSPS) is 23.3. The number of hydrogen-bond acceptors (Lipinski definition) is 3. The largest absolute Gasteiger partial charge is 0.444 e. The van der Waals surface area contributed by atoms with Gasteiger partial charge in [0.15, 0.2) is 17.5 Å². The number of morpholine rings is 1. The number of benzene rings is 1. The third kappa shape index (κ3) is 3.51. The van der Waals surface area contributed by atoms with Crippen LogP contribution in [0.2, 0.25) is 0 Å². The van der Waals surface area contributed by atoms with E-state index in [1.807, 2.05) is 0 Å². The third-order valence-corrected chi connectivity index (χ3v) is 4.18. The molecule has 2 aliphatic heterocycles. The molecule has 0 aliphatic carbocycles. The van der Waals surface area contributed by atoms with Crippen LogP contribution in [0.15, 0.2) is 18.2 Å². The van der Waals surface area contributed by atoms with Gasteiger partial charge in [0, 0.05) is 5.56 Å². The summed E-state index contributed by atoms with van der Waals surface area (Å²) in [4.78, 5) is 14.1. The second kappa shape index (κ2) is 6.37. The third-order valence-electron chi connectivity index (χ3n) is 4.18. The van der Waals surface area contributed by atoms with E-state index in [9.17, 15) is 18.0 Å². The van der Waals surface area contributed by atoms with Crippen molar-refractivity contribution in [2.45, 2.75) is 44.9 Å². The molecule has 136 valence electrons. The molecular weight excluding hydrogens is 335 g/mol. The van der Waals surface area contributed by atoms with Gasteiger partial charge in [0.2, 0.25) is 0 Å². The van der Waals surface area contributed by atoms with E-state index < -0.39 is 35.2 Å². The summed E-state index contributed by atoms with van der Waals surface area (Å²) in [7, 11) is 0. The van der Waals surface area contributed by atoms with E-state index in [4.69, 9.17) is 9.47 Å². The summed E-state index contributed by atoms with van der Waals surface area (Å²) in [5.74, 6) is -3.93. The van der Waals surface area contributed by atoms with Gasteiger partial charge in [0.25, 0.3) is 0 Å². The minimum atomic E-state index is -1.49. The van der Waals surface area contributed by atoms with E-state index in [1.165, 1.54) is 6.07 Å². The molecule has 2 aliphatic rings. The van der Waals surface area contributed by atoms with Gasteiger partial charge < -0.3 is 9.47 Å². The van der Waals surface area contributed by atoms with Crippen molar-refractivity contribution in [2.24, 2.45) is 0 Å². The molecule has 2 bridgehead atoms. The van der Waals surface area contributed by atoms with Crippen LogP contribution in [0.3, 0.4) is 0 Å². The summed E-state index contributed by atoms with van der Waals surface area (Å²) in [5, 5.41) is 0. The Balaban J connectivity index is 1.92. The van der Waals surface area contributed by atoms with E-state index in [0.717, 1.165) is 6.07 Å². The molecule has 1 fully saturated rings. The molecule has 0 spiro atoms. The van der Waals surface area contributed by atoms with Crippen LogP contribution in [0.1, 0.15) is 32.8 Å². The van der Waals surface area contributed by atoms with Crippen molar-refractivity contribution in [1.82, 2.24) is 4.90 Å². The zero-order valence-corrected chi connectivity index (χ0v) is 14.3. The number of rotatable bonds is 1. The van der Waals surface area contributed by atoms with Crippen LogP contribution in [-0.4, -0.2) is 41.9 Å². The van der Waals surface area contributed by atoms with Gasteiger partial charge in [-0.05, 0) is 44.9 Å². The van der Waals surface area contributed by atoms with Crippen molar-refractivity contribution < 1.29 is 27.4 Å². The molecule has 1 aromatic rings. The number of carbonyl (C=O) groups excluding carboxylic acids is 1. The highest BCUT2D eigenvalue weighted by molar-refractivity contribution is 5.75. The van der Waals surface area contributed by atoms with Gasteiger partial charge in [-0.2, -0.15) is 0 Å². The number of carbonyl (C=O) groups is 1. The molecule has 1 amide bonds. The minimum absolute atomic E-state index is 0.0136. The van der Waals surface area contributed by atoms with Crippen LogP contribution >= 0.6 is 0 Å². The zero-order chi connectivity index (χ0) is 18.4. The minimum Gasteiger partial charge on any atom is -0.444 e. The Morgan fingerprint density at radius 2 is 1.92 bits per heavy atom. The summed E-state index contributed by atoms with van der Waals surface area (Å²) >= 11 is 0. The Morgan fingerprint density at radius 1 is 1.20 bits per heavy atom. The Labute approximate surface area is 144 Å². The molecule has 0 aromatic heterocycles. The van der Waals surface area contributed by atoms with E-state index >= 15 is 0 Å². The Morgan fingerprint density at radius 3 is 2.56 bits per heavy atom. The standard InChI is InChI=1S/C18H20F3NO3/c1-18(2,3)25-17(23)22-11-6-10(7-12(22)9-24-8-11)13-4-5-14(19)16(21)15(13)20/h4-6,11-12H,7-9H2,1-3H3. The molecule has 0 saturated carbocycles. The maximum Gasteiger partial charge on any atom is 0.411 e. The highest BCUT2D eigenvalue weighted by Crippen LogP contribution is 2.35. The predicted octanol–water partition coefficient (Wildman–Crippen LogP) is 3.90. The lowest BCUT2D eigenvalue weighted by Gasteiger charge is -2.44. The smallest absolute Gasteiger partial charge is 0.411 e. The fourth-order valence-electron chi connectivity index (χ4n) is 3.17. The second-order valence-corrected chi connectivity index (χ2v) is 7.27. The first-order valence-electron chi connectivity index (χ1n) is 8.11. The molecule has 3 rings (SSSR count). The van der Waals surface area contributed by atoms with Crippen molar-refractivity contribution in [3.8, 4) is 0 Å². The molecule has 1 saturated heterocycles. The first-order valence-corrected chi connectivity index (χ1v) is 8.11. The maximum absolute atomic E-state index is 14.1. The topological polar surface area (TPSA) is 38.8 Å². The summed E-state index contributed by atoms with van der Waals surface area (Å²) in [5.41, 5.74) is -0.0863. The number of nitrogens with zero attached hydrogens (tertiary/aromatic N) is 1. The lowest BCUT2D eigenvalue weighted by Crippen LogP contribution is -2.57. The van der Waals surface area contributed by atoms with Gasteiger partial charge in [-0.25, -0.2) is 18.0 Å². The Hall–Kier alpha value is -2.02. The quantitative estimate of drug-likeness (QED) is 0.718. The first-order chi connectivity index (χ1) is 11.7. The molecule has 7 heteroatoms. The van der Waals surface area contributed by atoms with Gasteiger partial charge in [0.05, 0.1) is 25.3 Å². The Bertz CT molecular complexity index is 727. The van der Waals surface area contributed by atoms with Crippen LogP contribution < -0.4 is 0 Å². The highest BCUT2D eigenvalue weighted by atomic mass is 19.2. The van der Waals surface area contributed by atoms with Gasteiger partial charge in [0.1, 0.15) is 5.60 Å². The fourth-order valence-corrected chi connectivity index (χ4v) is 3.17. The SMILES string of the molecule is CC(C)(C)OC(=O)N1C2C=C(c3ccc(F)c(F)c3F)CC1COC2. The van der Waals surface area contributed by atoms with E-state index in [-0.39, 0.29) is 31.2 Å². The molecule has 0 radical (unpaired) electrons. The van der Waals surface area contributed by atoms with Crippen molar-refractivity contribution in [3.63, 3.8) is 0 Å². The predicted molar refractivity (Wildman–Crippen MR) is 85.4 cm³/mol. The van der Waals surface area contributed by atoms with Crippen molar-refractivity contribution in [2.75, 3.05) is 13.2 Å². The molecule has 25 heavy (non-hydrogen) atoms. The van der Waals surface area contributed by atoms with Crippen LogP contribution in [-0.2, 0) is 9.47 Å². The monoisotopic (exact) mass is 355 g/mol. The number of hydrogen-bond donors (Lipinski definition) is 0. The lowest BCUT2D eigenvalue weighted by atomic mass is 9.89. The molecule has 1 aromatic carbocycles. The van der Waals surface area contributed by atoms with Gasteiger partial charge in [-0.15, -0.1) is 0 Å². The highest BCUT2D eigenvalue weighted by Gasteiger charge is 2.40. The summed E-state index contributed by atoms with van der Waals surface area (Å²) in [6.07, 6.45) is 1.47. The van der Waals surface area contributed by atoms with Crippen molar-refractivity contribution >= 4 is 11.7 Å². The average Bonchev–Trinajstić information content (AvgIpc) is 2.50. The van der Waals surface area contributed by atoms with Crippen LogP contribution in [0, 0.1) is 17.5 Å². The summed E-state index contributed by atoms with van der Waals surface area (Å²) < 4.78 is 51.7. The average molecular weight is 355 g/mol. The van der Waals surface area contributed by atoms with Crippen molar-refractivity contribution in [1.29, 1.82) is 0 Å². The fraction of sp³-hybridized carbons (Fsp3) is 0.500. The Kier molecular flexibility index (Phi) is 4.53. The summed E-state index contributed by atoms with van der Waals surface area (Å²) in [6, 6.07) is 1.34. The summed E-state index contributed by atoms with van der Waals surface area (Å²) in [6.45, 7) is 5.85. The molecule has 2 atom stereocenters. The van der Waals surface area contributed by atoms with Gasteiger partial charge >= 0.3 is 6.09 Å². The number of halogens is 3. The molecule has 2 heterocycles.